The quantitative estimate of drug-likeness (QED) is 0.511. The molecular formula is C16H23U-. The summed E-state index contributed by atoms with van der Waals surface area (Å²) in [6, 6.07) is 7.05. The van der Waals surface area contributed by atoms with Crippen molar-refractivity contribution in [2.45, 2.75) is 58.8 Å². The van der Waals surface area contributed by atoms with Crippen molar-refractivity contribution in [3.8, 4) is 0 Å². The molecule has 0 atom stereocenters. The van der Waals surface area contributed by atoms with E-state index >= 15 is 0 Å². The van der Waals surface area contributed by atoms with Crippen LogP contribution in [0, 0.1) is 37.0 Å². The van der Waals surface area contributed by atoms with Crippen LogP contribution >= 0.6 is 0 Å². The molecule has 17 heavy (non-hydrogen) atoms. The van der Waals surface area contributed by atoms with E-state index in [-0.39, 0.29) is 41.9 Å². The van der Waals surface area contributed by atoms with Gasteiger partial charge in [0, 0.05) is 31.1 Å². The largest absolute Gasteiger partial charge is 0.303 e. The molecule has 0 spiro atoms. The van der Waals surface area contributed by atoms with Crippen LogP contribution in [0.2, 0.25) is 0 Å². The normalized spacial score (nSPS) is 18.7. The number of fused-ring (bicyclic) bond motifs is 1. The molecule has 0 saturated carbocycles. The molecule has 0 nitrogen and oxygen atoms in total. The summed E-state index contributed by atoms with van der Waals surface area (Å²) in [5.41, 5.74) is 5.05. The molecule has 1 heteroatoms. The molecule has 0 aromatic heterocycles. The van der Waals surface area contributed by atoms with Crippen molar-refractivity contribution in [3.05, 3.63) is 40.8 Å². The number of benzene rings is 1. The summed E-state index contributed by atoms with van der Waals surface area (Å²) in [6.07, 6.45) is 1.16. The molecular weight excluding hydrogens is 430 g/mol. The van der Waals surface area contributed by atoms with E-state index in [0.717, 1.165) is 6.42 Å². The molecule has 0 unspecified atom stereocenters. The van der Waals surface area contributed by atoms with Gasteiger partial charge in [-0.25, -0.2) is 0 Å². The SMILES string of the molecule is C[C-]1Cc2cc(C(C)(C)C)ccc2C1(C)C.[U]. The summed E-state index contributed by atoms with van der Waals surface area (Å²) in [4.78, 5) is 0. The van der Waals surface area contributed by atoms with Gasteiger partial charge in [0.1, 0.15) is 0 Å². The smallest absolute Gasteiger partial charge is 0 e. The maximum absolute atomic E-state index is 2.41. The fourth-order valence-electron chi connectivity index (χ4n) is 2.55. The Morgan fingerprint density at radius 1 is 1.18 bits per heavy atom. The van der Waals surface area contributed by atoms with Crippen molar-refractivity contribution < 1.29 is 31.1 Å². The Morgan fingerprint density at radius 2 is 1.76 bits per heavy atom. The average Bonchev–Trinajstić information content (AvgIpc) is 2.36. The third kappa shape index (κ3) is 2.66. The Kier molecular flexibility index (Phi) is 4.28. The second-order valence-corrected chi connectivity index (χ2v) is 6.70. The molecule has 0 bridgehead atoms. The van der Waals surface area contributed by atoms with Gasteiger partial charge in [-0.05, 0) is 11.0 Å². The van der Waals surface area contributed by atoms with Crippen LogP contribution < -0.4 is 0 Å². The van der Waals surface area contributed by atoms with Crippen molar-refractivity contribution in [1.82, 2.24) is 0 Å². The summed E-state index contributed by atoms with van der Waals surface area (Å²) >= 11 is 0. The van der Waals surface area contributed by atoms with E-state index in [1.165, 1.54) is 16.7 Å². The minimum Gasteiger partial charge on any atom is -0.303 e. The van der Waals surface area contributed by atoms with Gasteiger partial charge in [-0.3, -0.25) is 0 Å². The van der Waals surface area contributed by atoms with Crippen molar-refractivity contribution in [1.29, 1.82) is 0 Å². The van der Waals surface area contributed by atoms with Gasteiger partial charge in [0.05, 0.1) is 0 Å². The zero-order valence-electron chi connectivity index (χ0n) is 11.9. The topological polar surface area (TPSA) is 0 Å². The molecule has 1 aliphatic carbocycles. The van der Waals surface area contributed by atoms with Crippen LogP contribution in [0.25, 0.3) is 0 Å². The molecule has 0 radical (unpaired) electrons. The molecule has 0 heterocycles. The van der Waals surface area contributed by atoms with Crippen LogP contribution in [-0.4, -0.2) is 0 Å². The second-order valence-electron chi connectivity index (χ2n) is 6.70. The average molecular weight is 453 g/mol. The molecule has 0 aliphatic heterocycles. The first-order chi connectivity index (χ1) is 7.23. The minimum absolute atomic E-state index is 0. The van der Waals surface area contributed by atoms with Gasteiger partial charge in [0.25, 0.3) is 0 Å². The summed E-state index contributed by atoms with van der Waals surface area (Å²) < 4.78 is 0. The zero-order chi connectivity index (χ0) is 12.1. The van der Waals surface area contributed by atoms with Gasteiger partial charge in [0.15, 0.2) is 0 Å². The standard InChI is InChI=1S/C16H23.U/c1-11-9-12-10-13(15(2,3)4)7-8-14(12)16(11,5)6;/h7-8,10H,9H2,1-6H3;/q-1;. The van der Waals surface area contributed by atoms with Crippen LogP contribution in [0.5, 0.6) is 0 Å². The molecule has 1 aliphatic rings. The summed E-state index contributed by atoms with van der Waals surface area (Å²) in [5.74, 6) is 1.59. The van der Waals surface area contributed by atoms with Gasteiger partial charge in [-0.2, -0.15) is 13.3 Å². The number of rotatable bonds is 0. The van der Waals surface area contributed by atoms with Crippen LogP contribution in [0.4, 0.5) is 0 Å². The van der Waals surface area contributed by atoms with Crippen molar-refractivity contribution in [2.75, 3.05) is 0 Å². The molecule has 2 rings (SSSR count). The fourth-order valence-corrected chi connectivity index (χ4v) is 2.55. The first-order valence-electron chi connectivity index (χ1n) is 6.20. The van der Waals surface area contributed by atoms with Crippen molar-refractivity contribution in [3.63, 3.8) is 0 Å². The molecule has 0 saturated heterocycles. The first kappa shape index (κ1) is 15.3. The van der Waals surface area contributed by atoms with E-state index < -0.39 is 0 Å². The predicted molar refractivity (Wildman–Crippen MR) is 70.8 cm³/mol. The Morgan fingerprint density at radius 3 is 2.29 bits per heavy atom. The van der Waals surface area contributed by atoms with E-state index in [1.54, 1.807) is 5.92 Å². The molecule has 1 aromatic rings. The monoisotopic (exact) mass is 453 g/mol. The van der Waals surface area contributed by atoms with Crippen molar-refractivity contribution >= 4 is 0 Å². The van der Waals surface area contributed by atoms with E-state index in [9.17, 15) is 0 Å². The number of hydrogen-bond donors (Lipinski definition) is 0. The molecule has 1 aromatic carbocycles. The number of hydrogen-bond acceptors (Lipinski definition) is 0. The maximum Gasteiger partial charge on any atom is 0 e. The van der Waals surface area contributed by atoms with Crippen LogP contribution in [-0.2, 0) is 17.3 Å². The van der Waals surface area contributed by atoms with Gasteiger partial charge < -0.3 is 5.92 Å². The van der Waals surface area contributed by atoms with Gasteiger partial charge in [-0.1, -0.05) is 63.9 Å². The van der Waals surface area contributed by atoms with Gasteiger partial charge in [-0.15, -0.1) is 5.41 Å². The molecule has 0 N–H and O–H groups in total. The Labute approximate surface area is 130 Å². The third-order valence-corrected chi connectivity index (χ3v) is 4.17. The molecule has 0 fully saturated rings. The van der Waals surface area contributed by atoms with E-state index in [2.05, 4.69) is 59.7 Å². The Bertz CT molecular complexity index is 410. The Hall–Kier alpha value is 0.272. The zero-order valence-corrected chi connectivity index (χ0v) is 16.1. The Balaban J connectivity index is 0.00000144. The summed E-state index contributed by atoms with van der Waals surface area (Å²) in [7, 11) is 0. The van der Waals surface area contributed by atoms with Crippen LogP contribution in [0.15, 0.2) is 18.2 Å². The van der Waals surface area contributed by atoms with Gasteiger partial charge >= 0.3 is 0 Å². The minimum atomic E-state index is 0. The van der Waals surface area contributed by atoms with E-state index in [0.29, 0.717) is 0 Å². The van der Waals surface area contributed by atoms with Crippen LogP contribution in [0.1, 0.15) is 58.2 Å². The first-order valence-corrected chi connectivity index (χ1v) is 6.20. The summed E-state index contributed by atoms with van der Waals surface area (Å²) in [6.45, 7) is 13.8. The molecule has 0 amide bonds. The van der Waals surface area contributed by atoms with Gasteiger partial charge in [0.2, 0.25) is 0 Å². The second kappa shape index (κ2) is 4.75. The maximum atomic E-state index is 2.41. The van der Waals surface area contributed by atoms with E-state index in [4.69, 9.17) is 0 Å². The fraction of sp³-hybridized carbons (Fsp3) is 0.562. The van der Waals surface area contributed by atoms with Crippen molar-refractivity contribution in [2.24, 2.45) is 0 Å². The van der Waals surface area contributed by atoms with Crippen LogP contribution in [0.3, 0.4) is 0 Å². The predicted octanol–water partition coefficient (Wildman–Crippen LogP) is 4.41. The summed E-state index contributed by atoms with van der Waals surface area (Å²) in [5, 5.41) is 0. The van der Waals surface area contributed by atoms with E-state index in [1.807, 2.05) is 0 Å². The molecule has 92 valence electrons. The third-order valence-electron chi connectivity index (χ3n) is 4.17.